The molecule has 0 aliphatic carbocycles. The lowest BCUT2D eigenvalue weighted by Gasteiger charge is -2.37. The van der Waals surface area contributed by atoms with Gasteiger partial charge in [0.1, 0.15) is 6.04 Å². The first-order chi connectivity index (χ1) is 20.9. The van der Waals surface area contributed by atoms with E-state index in [1.165, 1.54) is 0 Å². The van der Waals surface area contributed by atoms with Gasteiger partial charge in [-0.1, -0.05) is 94.8 Å². The summed E-state index contributed by atoms with van der Waals surface area (Å²) in [6, 6.07) is 30.5. The number of amides is 3. The van der Waals surface area contributed by atoms with Crippen LogP contribution in [0.3, 0.4) is 0 Å². The second-order valence-corrected chi connectivity index (χ2v) is 14.1. The Hall–Kier alpha value is -3.66. The van der Waals surface area contributed by atoms with Crippen molar-refractivity contribution in [2.24, 2.45) is 11.8 Å². The van der Waals surface area contributed by atoms with Crippen molar-refractivity contribution in [3.8, 4) is 0 Å². The Morgan fingerprint density at radius 2 is 1.53 bits per heavy atom. The van der Waals surface area contributed by atoms with Crippen LogP contribution < -0.4 is 10.6 Å². The number of carbonyl (C=O) groups excluding carboxylic acids is 3. The molecule has 0 aromatic heterocycles. The van der Waals surface area contributed by atoms with Gasteiger partial charge in [-0.3, -0.25) is 14.4 Å². The summed E-state index contributed by atoms with van der Waals surface area (Å²) in [5.74, 6) is -2.19. The highest BCUT2D eigenvalue weighted by atomic mass is 79.9. The lowest BCUT2D eigenvalue weighted by Crippen LogP contribution is -2.53. The van der Waals surface area contributed by atoms with Gasteiger partial charge in [-0.05, 0) is 47.0 Å². The molecule has 4 aromatic carbocycles. The molecule has 0 radical (unpaired) electrons. The zero-order chi connectivity index (χ0) is 29.7. The van der Waals surface area contributed by atoms with Gasteiger partial charge in [0.2, 0.25) is 17.7 Å². The highest BCUT2D eigenvalue weighted by Crippen LogP contribution is 2.68. The highest BCUT2D eigenvalue weighted by molar-refractivity contribution is 9.09. The van der Waals surface area contributed by atoms with Crippen LogP contribution in [0.15, 0.2) is 103 Å². The van der Waals surface area contributed by atoms with Crippen molar-refractivity contribution in [2.75, 3.05) is 17.2 Å². The van der Waals surface area contributed by atoms with Crippen LogP contribution in [0.5, 0.6) is 0 Å². The Kier molecular flexibility index (Phi) is 7.27. The Balaban J connectivity index is 1.30. The van der Waals surface area contributed by atoms with Crippen molar-refractivity contribution < 1.29 is 19.5 Å². The van der Waals surface area contributed by atoms with E-state index < -0.39 is 28.7 Å². The van der Waals surface area contributed by atoms with Crippen molar-refractivity contribution in [2.45, 2.75) is 33.3 Å². The van der Waals surface area contributed by atoms with E-state index >= 15 is 0 Å². The number of hydrogen-bond acceptors (Lipinski definition) is 5. The number of rotatable bonds is 7. The minimum atomic E-state index is -0.904. The third kappa shape index (κ3) is 4.65. The van der Waals surface area contributed by atoms with Crippen LogP contribution >= 0.6 is 27.7 Å². The van der Waals surface area contributed by atoms with Gasteiger partial charge in [-0.2, -0.15) is 0 Å². The molecule has 3 fully saturated rings. The van der Waals surface area contributed by atoms with Gasteiger partial charge in [-0.15, -0.1) is 11.8 Å². The van der Waals surface area contributed by atoms with Crippen LogP contribution in [0.1, 0.15) is 18.0 Å². The number of para-hydroxylation sites is 1. The lowest BCUT2D eigenvalue weighted by molar-refractivity contribution is -0.141. The van der Waals surface area contributed by atoms with E-state index in [1.807, 2.05) is 103 Å². The molecule has 3 N–H and O–H groups in total. The second kappa shape index (κ2) is 11.1. The zero-order valence-electron chi connectivity index (χ0n) is 23.1. The maximum absolute atomic E-state index is 14.6. The van der Waals surface area contributed by atoms with Crippen LogP contribution in [0.25, 0.3) is 10.8 Å². The smallest absolute Gasteiger partial charge is 0.248 e. The molecule has 218 valence electrons. The number of nitrogens with one attached hydrogen (secondary N) is 2. The minimum Gasteiger partial charge on any atom is -0.394 e. The number of likely N-dealkylation sites (tertiary alicyclic amines) is 1. The molecule has 7 nitrogen and oxygen atoms in total. The van der Waals surface area contributed by atoms with Crippen LogP contribution in [-0.4, -0.2) is 55.2 Å². The van der Waals surface area contributed by atoms with Crippen LogP contribution in [-0.2, 0) is 14.4 Å². The number of benzene rings is 4. The number of halogens is 1. The molecule has 1 spiro atoms. The number of aliphatic hydroxyl groups excluding tert-OH is 1. The molecule has 7 rings (SSSR count). The summed E-state index contributed by atoms with van der Waals surface area (Å²) in [5, 5.41) is 18.7. The van der Waals surface area contributed by atoms with E-state index in [4.69, 9.17) is 0 Å². The summed E-state index contributed by atoms with van der Waals surface area (Å²) in [6.45, 7) is -0.356. The van der Waals surface area contributed by atoms with E-state index in [0.29, 0.717) is 17.8 Å². The molecule has 3 saturated heterocycles. The van der Waals surface area contributed by atoms with E-state index in [1.54, 1.807) is 16.7 Å². The quantitative estimate of drug-likeness (QED) is 0.225. The van der Waals surface area contributed by atoms with Crippen LogP contribution in [0.4, 0.5) is 11.4 Å². The van der Waals surface area contributed by atoms with E-state index in [0.717, 1.165) is 16.3 Å². The fourth-order valence-corrected chi connectivity index (χ4v) is 10.9. The van der Waals surface area contributed by atoms with Gasteiger partial charge in [0.25, 0.3) is 0 Å². The SMILES string of the molecule is O=C(Nc1ccc2ccccc2c1)C1N([C@H](CO)c2ccccc2)C(=O)[C@@H]2[C@@H](C(=O)Nc3ccccc3)[C@@H]3SC12CC3Br. The van der Waals surface area contributed by atoms with Crippen molar-refractivity contribution in [1.29, 1.82) is 0 Å². The number of aliphatic hydroxyl groups is 1. The molecule has 3 aliphatic rings. The fourth-order valence-electron chi connectivity index (χ4n) is 7.26. The Morgan fingerprint density at radius 1 is 0.884 bits per heavy atom. The maximum atomic E-state index is 14.6. The zero-order valence-corrected chi connectivity index (χ0v) is 25.5. The summed E-state index contributed by atoms with van der Waals surface area (Å²) in [6.07, 6.45) is 0.549. The topological polar surface area (TPSA) is 98.7 Å². The molecule has 7 atom stereocenters. The number of fused-ring (bicyclic) bond motifs is 2. The number of carbonyl (C=O) groups is 3. The molecule has 43 heavy (non-hydrogen) atoms. The molecule has 9 heteroatoms. The van der Waals surface area contributed by atoms with Crippen molar-refractivity contribution in [3.05, 3.63) is 109 Å². The lowest BCUT2D eigenvalue weighted by atomic mass is 9.70. The van der Waals surface area contributed by atoms with E-state index in [2.05, 4.69) is 26.6 Å². The summed E-state index contributed by atoms with van der Waals surface area (Å²) in [4.78, 5) is 44.4. The maximum Gasteiger partial charge on any atom is 0.248 e. The summed E-state index contributed by atoms with van der Waals surface area (Å²) in [5.41, 5.74) is 2.02. The third-order valence-corrected chi connectivity index (χ3v) is 12.2. The largest absolute Gasteiger partial charge is 0.394 e. The van der Waals surface area contributed by atoms with Gasteiger partial charge >= 0.3 is 0 Å². The number of thioether (sulfide) groups is 1. The molecular weight excluding hydrogens is 626 g/mol. The number of hydrogen-bond donors (Lipinski definition) is 3. The van der Waals surface area contributed by atoms with E-state index in [9.17, 15) is 19.5 Å². The van der Waals surface area contributed by atoms with Crippen LogP contribution in [0.2, 0.25) is 0 Å². The van der Waals surface area contributed by atoms with Gasteiger partial charge < -0.3 is 20.6 Å². The van der Waals surface area contributed by atoms with Gasteiger partial charge in [0.05, 0.1) is 29.2 Å². The molecule has 0 saturated carbocycles. The minimum absolute atomic E-state index is 0.0618. The van der Waals surface area contributed by atoms with Gasteiger partial charge in [-0.25, -0.2) is 0 Å². The van der Waals surface area contributed by atoms with Crippen molar-refractivity contribution >= 4 is 67.6 Å². The van der Waals surface area contributed by atoms with Gasteiger partial charge in [0, 0.05) is 21.5 Å². The normalized spacial score (nSPS) is 28.1. The molecule has 3 unspecified atom stereocenters. The van der Waals surface area contributed by atoms with Crippen LogP contribution in [0, 0.1) is 11.8 Å². The molecule has 3 aliphatic heterocycles. The second-order valence-electron chi connectivity index (χ2n) is 11.4. The first-order valence-corrected chi connectivity index (χ1v) is 16.2. The van der Waals surface area contributed by atoms with Gasteiger partial charge in [0.15, 0.2) is 0 Å². The predicted octanol–water partition coefficient (Wildman–Crippen LogP) is 5.62. The molecule has 3 amide bonds. The highest BCUT2D eigenvalue weighted by Gasteiger charge is 2.76. The third-order valence-electron chi connectivity index (χ3n) is 9.03. The van der Waals surface area contributed by atoms with Crippen molar-refractivity contribution in [1.82, 2.24) is 4.90 Å². The summed E-state index contributed by atoms with van der Waals surface area (Å²) >= 11 is 5.39. The average molecular weight is 657 g/mol. The first-order valence-electron chi connectivity index (χ1n) is 14.4. The standard InChI is InChI=1S/C34H30BrN3O4S/c35-25-18-34-28(27(29(25)43-34)31(40)36-23-13-5-2-6-14-23)33(42)38(26(19-39)21-10-3-1-4-11-21)30(34)32(41)37-24-16-15-20-9-7-8-12-22(20)17-24/h1-17,25-30,39H,18-19H2,(H,36,40)(H,37,41)/t25?,26-,27-,28+,29-,30?,34?/m1/s1. The Bertz CT molecular complexity index is 1710. The number of anilines is 2. The molecule has 2 bridgehead atoms. The first kappa shape index (κ1) is 28.1. The Labute approximate surface area is 262 Å². The monoisotopic (exact) mass is 655 g/mol. The predicted molar refractivity (Wildman–Crippen MR) is 173 cm³/mol. The molecular formula is C34H30BrN3O4S. The average Bonchev–Trinajstić information content (AvgIpc) is 3.62. The summed E-state index contributed by atoms with van der Waals surface area (Å²) in [7, 11) is 0. The molecule has 3 heterocycles. The van der Waals surface area contributed by atoms with E-state index in [-0.39, 0.29) is 34.4 Å². The molecule has 4 aromatic rings. The Morgan fingerprint density at radius 3 is 2.26 bits per heavy atom. The number of alkyl halides is 1. The number of nitrogens with zero attached hydrogens (tertiary/aromatic N) is 1. The summed E-state index contributed by atoms with van der Waals surface area (Å²) < 4.78 is -0.849. The fraction of sp³-hybridized carbons (Fsp3) is 0.265. The van der Waals surface area contributed by atoms with Crippen molar-refractivity contribution in [3.63, 3.8) is 0 Å².